The highest BCUT2D eigenvalue weighted by Crippen LogP contribution is 2.30. The molecule has 1 aliphatic rings. The van der Waals surface area contributed by atoms with Gasteiger partial charge in [0, 0.05) is 34.8 Å². The van der Waals surface area contributed by atoms with E-state index in [2.05, 4.69) is 44.1 Å². The van der Waals surface area contributed by atoms with Crippen molar-refractivity contribution in [3.05, 3.63) is 53.5 Å². The summed E-state index contributed by atoms with van der Waals surface area (Å²) in [6, 6.07) is 8.44. The number of fused-ring (bicyclic) bond motifs is 4. The summed E-state index contributed by atoms with van der Waals surface area (Å²) in [6.07, 6.45) is 4.48. The maximum atomic E-state index is 12.8. The first kappa shape index (κ1) is 17.0. The Bertz CT molecular complexity index is 1210. The smallest absolute Gasteiger partial charge is 0.171 e. The minimum atomic E-state index is -0.461. The van der Waals surface area contributed by atoms with Crippen molar-refractivity contribution in [2.24, 2.45) is 5.41 Å². The molecular formula is C22H23N5O. The summed E-state index contributed by atoms with van der Waals surface area (Å²) in [6.45, 7) is 7.41. The molecule has 0 unspecified atom stereocenters. The van der Waals surface area contributed by atoms with Gasteiger partial charge >= 0.3 is 0 Å². The van der Waals surface area contributed by atoms with Crippen LogP contribution in [0.3, 0.4) is 0 Å². The predicted octanol–water partition coefficient (Wildman–Crippen LogP) is 4.23. The predicted molar refractivity (Wildman–Crippen MR) is 111 cm³/mol. The molecule has 0 amide bonds. The fourth-order valence-electron chi connectivity index (χ4n) is 4.00. The Balaban J connectivity index is 1.52. The number of hydrogen-bond acceptors (Lipinski definition) is 4. The van der Waals surface area contributed by atoms with Crippen LogP contribution in [0.25, 0.3) is 22.1 Å². The average molecular weight is 373 g/mol. The average Bonchev–Trinajstić information content (AvgIpc) is 3.26. The van der Waals surface area contributed by atoms with E-state index in [1.165, 1.54) is 22.2 Å². The zero-order valence-corrected chi connectivity index (χ0v) is 16.3. The summed E-state index contributed by atoms with van der Waals surface area (Å²) in [5, 5.41) is 1.31. The molecule has 0 saturated carbocycles. The van der Waals surface area contributed by atoms with Gasteiger partial charge in [-0.25, -0.2) is 9.97 Å². The van der Waals surface area contributed by atoms with Crippen molar-refractivity contribution in [3.8, 4) is 0 Å². The van der Waals surface area contributed by atoms with Gasteiger partial charge in [0.05, 0.1) is 18.3 Å². The Morgan fingerprint density at radius 3 is 2.86 bits per heavy atom. The molecule has 4 aromatic rings. The number of nitrogens with one attached hydrogen (secondary N) is 2. The van der Waals surface area contributed by atoms with Crippen molar-refractivity contribution < 1.29 is 4.79 Å². The molecular weight excluding hydrogens is 350 g/mol. The summed E-state index contributed by atoms with van der Waals surface area (Å²) in [4.78, 5) is 31.0. The van der Waals surface area contributed by atoms with Crippen LogP contribution in [0.1, 0.15) is 42.4 Å². The lowest BCUT2D eigenvalue weighted by molar-refractivity contribution is 0.0860. The number of aromatic nitrogens is 4. The molecule has 28 heavy (non-hydrogen) atoms. The molecule has 0 fully saturated rings. The molecule has 1 aliphatic heterocycles. The molecule has 2 N–H and O–H groups in total. The van der Waals surface area contributed by atoms with Crippen molar-refractivity contribution in [3.63, 3.8) is 0 Å². The Kier molecular flexibility index (Phi) is 3.59. The van der Waals surface area contributed by atoms with Crippen molar-refractivity contribution in [2.75, 3.05) is 11.4 Å². The highest BCUT2D eigenvalue weighted by atomic mass is 16.1. The van der Waals surface area contributed by atoms with E-state index in [-0.39, 0.29) is 5.78 Å². The number of H-pyrrole nitrogens is 2. The maximum Gasteiger partial charge on any atom is 0.171 e. The standard InChI is InChI=1S/C22H23N5O/c1-22(2,3)20(28)15-10-23-21-19(15)26-18(11-24-21)27-9-8-14-13-6-4-5-7-16(13)25-17(14)12-27/h4-7,10-11,25H,8-9,12H2,1-3H3,(H,23,24). The van der Waals surface area contributed by atoms with Gasteiger partial charge < -0.3 is 14.9 Å². The number of rotatable bonds is 2. The van der Waals surface area contributed by atoms with E-state index < -0.39 is 5.41 Å². The molecule has 3 aromatic heterocycles. The number of anilines is 1. The van der Waals surface area contributed by atoms with Gasteiger partial charge in [-0.15, -0.1) is 0 Å². The number of para-hydroxylation sites is 1. The second-order valence-electron chi connectivity index (χ2n) is 8.51. The summed E-state index contributed by atoms with van der Waals surface area (Å²) in [5.41, 5.74) is 5.26. The van der Waals surface area contributed by atoms with Crippen LogP contribution in [0.5, 0.6) is 0 Å². The topological polar surface area (TPSA) is 77.7 Å². The van der Waals surface area contributed by atoms with Crippen molar-refractivity contribution in [1.29, 1.82) is 0 Å². The van der Waals surface area contributed by atoms with Gasteiger partial charge in [0.15, 0.2) is 11.4 Å². The Hall–Kier alpha value is -3.15. The van der Waals surface area contributed by atoms with Crippen molar-refractivity contribution in [2.45, 2.75) is 33.7 Å². The molecule has 142 valence electrons. The summed E-state index contributed by atoms with van der Waals surface area (Å²) in [5.74, 6) is 0.876. The Labute approximate surface area is 163 Å². The highest BCUT2D eigenvalue weighted by molar-refractivity contribution is 6.08. The quantitative estimate of drug-likeness (QED) is 0.516. The van der Waals surface area contributed by atoms with Gasteiger partial charge in [-0.1, -0.05) is 39.0 Å². The fraction of sp³-hybridized carbons (Fsp3) is 0.318. The lowest BCUT2D eigenvalue weighted by Crippen LogP contribution is -2.31. The van der Waals surface area contributed by atoms with E-state index in [0.717, 1.165) is 25.3 Å². The van der Waals surface area contributed by atoms with Crippen LogP contribution in [-0.4, -0.2) is 32.3 Å². The van der Waals surface area contributed by atoms with Crippen LogP contribution in [0.4, 0.5) is 5.82 Å². The lowest BCUT2D eigenvalue weighted by atomic mass is 9.87. The van der Waals surface area contributed by atoms with Gasteiger partial charge in [-0.3, -0.25) is 4.79 Å². The van der Waals surface area contributed by atoms with Crippen LogP contribution in [0.15, 0.2) is 36.7 Å². The van der Waals surface area contributed by atoms with E-state index in [1.54, 1.807) is 12.4 Å². The largest absolute Gasteiger partial charge is 0.357 e. The van der Waals surface area contributed by atoms with Crippen LogP contribution in [0, 0.1) is 5.41 Å². The van der Waals surface area contributed by atoms with Crippen LogP contribution >= 0.6 is 0 Å². The zero-order valence-electron chi connectivity index (χ0n) is 16.3. The highest BCUT2D eigenvalue weighted by Gasteiger charge is 2.27. The van der Waals surface area contributed by atoms with Crippen molar-refractivity contribution in [1.82, 2.24) is 19.9 Å². The summed E-state index contributed by atoms with van der Waals surface area (Å²) >= 11 is 0. The number of carbonyl (C=O) groups excluding carboxylic acids is 1. The van der Waals surface area contributed by atoms with Gasteiger partial charge in [0.1, 0.15) is 11.3 Å². The third kappa shape index (κ3) is 2.59. The normalized spacial score (nSPS) is 14.6. The van der Waals surface area contributed by atoms with Gasteiger partial charge in [0.25, 0.3) is 0 Å². The number of nitrogens with zero attached hydrogens (tertiary/aromatic N) is 3. The van der Waals surface area contributed by atoms with E-state index in [9.17, 15) is 4.79 Å². The number of Topliss-reactive ketones (excluding diaryl/α,β-unsaturated/α-hetero) is 1. The molecule has 5 rings (SSSR count). The number of aromatic amines is 2. The third-order valence-electron chi connectivity index (χ3n) is 5.50. The first-order valence-corrected chi connectivity index (χ1v) is 9.64. The minimum Gasteiger partial charge on any atom is -0.357 e. The van der Waals surface area contributed by atoms with E-state index in [0.29, 0.717) is 16.7 Å². The molecule has 0 saturated heterocycles. The van der Waals surface area contributed by atoms with Crippen molar-refractivity contribution >= 4 is 33.7 Å². The number of hydrogen-bond donors (Lipinski definition) is 2. The molecule has 0 spiro atoms. The number of carbonyl (C=O) groups is 1. The SMILES string of the molecule is CC(C)(C)C(=O)c1c[nH]c2ncc(N3CCc4c([nH]c5ccccc45)C3)nc12. The number of benzene rings is 1. The monoisotopic (exact) mass is 373 g/mol. The molecule has 0 radical (unpaired) electrons. The van der Waals surface area contributed by atoms with E-state index >= 15 is 0 Å². The van der Waals surface area contributed by atoms with Crippen LogP contribution < -0.4 is 4.90 Å². The van der Waals surface area contributed by atoms with E-state index in [4.69, 9.17) is 4.98 Å². The molecule has 0 bridgehead atoms. The Morgan fingerprint density at radius 2 is 2.04 bits per heavy atom. The van der Waals surface area contributed by atoms with E-state index in [1.807, 2.05) is 20.8 Å². The lowest BCUT2D eigenvalue weighted by Gasteiger charge is -2.28. The summed E-state index contributed by atoms with van der Waals surface area (Å²) < 4.78 is 0. The van der Waals surface area contributed by atoms with Gasteiger partial charge in [0.2, 0.25) is 0 Å². The second kappa shape index (κ2) is 5.92. The molecule has 4 heterocycles. The van der Waals surface area contributed by atoms with Gasteiger partial charge in [-0.2, -0.15) is 0 Å². The number of ketones is 1. The fourth-order valence-corrected chi connectivity index (χ4v) is 4.00. The molecule has 1 aromatic carbocycles. The molecule has 0 atom stereocenters. The Morgan fingerprint density at radius 1 is 1.21 bits per heavy atom. The molecule has 6 heteroatoms. The summed E-state index contributed by atoms with van der Waals surface area (Å²) in [7, 11) is 0. The zero-order chi connectivity index (χ0) is 19.5. The van der Waals surface area contributed by atoms with Crippen LogP contribution in [-0.2, 0) is 13.0 Å². The molecule has 0 aliphatic carbocycles. The van der Waals surface area contributed by atoms with Gasteiger partial charge in [-0.05, 0) is 18.1 Å². The first-order valence-electron chi connectivity index (χ1n) is 9.64. The first-order chi connectivity index (χ1) is 13.4. The minimum absolute atomic E-state index is 0.0711. The molecule has 6 nitrogen and oxygen atoms in total. The van der Waals surface area contributed by atoms with Crippen LogP contribution in [0.2, 0.25) is 0 Å². The second-order valence-corrected chi connectivity index (χ2v) is 8.51. The third-order valence-corrected chi connectivity index (χ3v) is 5.50. The maximum absolute atomic E-state index is 12.8.